The smallest absolute Gasteiger partial charge is 0.210 e. The van der Waals surface area contributed by atoms with Crippen molar-refractivity contribution in [1.29, 1.82) is 0 Å². The lowest BCUT2D eigenvalue weighted by Gasteiger charge is -2.24. The number of likely N-dealkylation sites (tertiary alicyclic amines) is 1. The van der Waals surface area contributed by atoms with Crippen LogP contribution in [-0.4, -0.2) is 52.7 Å². The van der Waals surface area contributed by atoms with Gasteiger partial charge in [-0.25, -0.2) is 0 Å². The second-order valence-electron chi connectivity index (χ2n) is 9.32. The van der Waals surface area contributed by atoms with Gasteiger partial charge in [-0.15, -0.1) is 0 Å². The highest BCUT2D eigenvalue weighted by molar-refractivity contribution is 5.77. The van der Waals surface area contributed by atoms with Gasteiger partial charge in [-0.05, 0) is 92.7 Å². The average molecular weight is 505 g/mol. The Morgan fingerprint density at radius 2 is 1.57 bits per heavy atom. The molecular formula is C29H29FN2O5. The molecule has 4 aromatic rings. The van der Waals surface area contributed by atoms with E-state index >= 15 is 0 Å². The van der Waals surface area contributed by atoms with Gasteiger partial charge in [-0.2, -0.15) is 0 Å². The van der Waals surface area contributed by atoms with Gasteiger partial charge in [0.1, 0.15) is 29.6 Å². The van der Waals surface area contributed by atoms with Crippen LogP contribution in [0.4, 0.5) is 4.39 Å². The molecule has 1 aliphatic heterocycles. The van der Waals surface area contributed by atoms with Gasteiger partial charge in [0.15, 0.2) is 5.69 Å². The first-order valence-electron chi connectivity index (χ1n) is 12.3. The van der Waals surface area contributed by atoms with Gasteiger partial charge in [0.2, 0.25) is 11.5 Å². The summed E-state index contributed by atoms with van der Waals surface area (Å²) in [5, 5.41) is 23.6. The standard InChI is InChI=1S/C29H29FN2O5/c1-19(32-15-14-20(16-30)17-32)18-35-25-10-12-26(13-11-25)36-29-27(21-2-6-23(33)7-3-21)31-37-28(29)22-4-8-24(34)9-5-22/h2-13,19-20,33-34H,14-18H2,1H3/t19-,20-/m0/s1. The third-order valence-electron chi connectivity index (χ3n) is 6.61. The molecule has 1 aliphatic rings. The first kappa shape index (κ1) is 24.6. The Morgan fingerprint density at radius 3 is 2.19 bits per heavy atom. The van der Waals surface area contributed by atoms with Crippen LogP contribution in [0.2, 0.25) is 0 Å². The van der Waals surface area contributed by atoms with Crippen LogP contribution in [0.25, 0.3) is 22.6 Å². The van der Waals surface area contributed by atoms with Crippen molar-refractivity contribution >= 4 is 0 Å². The topological polar surface area (TPSA) is 88.2 Å². The fraction of sp³-hybridized carbons (Fsp3) is 0.276. The molecule has 0 bridgehead atoms. The molecule has 0 aliphatic carbocycles. The Morgan fingerprint density at radius 1 is 0.946 bits per heavy atom. The fourth-order valence-corrected chi connectivity index (χ4v) is 4.41. The normalized spacial score (nSPS) is 16.5. The van der Waals surface area contributed by atoms with E-state index in [0.717, 1.165) is 19.5 Å². The number of alkyl halides is 1. The predicted molar refractivity (Wildman–Crippen MR) is 138 cm³/mol. The highest BCUT2D eigenvalue weighted by Crippen LogP contribution is 2.42. The van der Waals surface area contributed by atoms with Crippen molar-refractivity contribution in [2.75, 3.05) is 26.4 Å². The molecule has 2 N–H and O–H groups in total. The van der Waals surface area contributed by atoms with Crippen LogP contribution in [0.1, 0.15) is 13.3 Å². The van der Waals surface area contributed by atoms with Crippen molar-refractivity contribution in [3.63, 3.8) is 0 Å². The van der Waals surface area contributed by atoms with E-state index in [2.05, 4.69) is 17.0 Å². The minimum atomic E-state index is -0.263. The molecular weight excluding hydrogens is 475 g/mol. The van der Waals surface area contributed by atoms with Gasteiger partial charge < -0.3 is 24.2 Å². The number of nitrogens with zero attached hydrogens (tertiary/aromatic N) is 2. The van der Waals surface area contributed by atoms with Crippen LogP contribution < -0.4 is 9.47 Å². The number of rotatable bonds is 9. The van der Waals surface area contributed by atoms with Crippen molar-refractivity contribution < 1.29 is 28.6 Å². The van der Waals surface area contributed by atoms with E-state index in [9.17, 15) is 14.6 Å². The number of hydrogen-bond acceptors (Lipinski definition) is 7. The molecule has 0 amide bonds. The predicted octanol–water partition coefficient (Wildman–Crippen LogP) is 6.27. The molecule has 0 radical (unpaired) electrons. The fourth-order valence-electron chi connectivity index (χ4n) is 4.41. The summed E-state index contributed by atoms with van der Waals surface area (Å²) in [6.45, 7) is 4.03. The summed E-state index contributed by atoms with van der Waals surface area (Å²) in [6, 6.07) is 20.7. The van der Waals surface area contributed by atoms with Crippen molar-refractivity contribution in [2.45, 2.75) is 19.4 Å². The Balaban J connectivity index is 1.33. The molecule has 192 valence electrons. The summed E-state index contributed by atoms with van der Waals surface area (Å²) in [7, 11) is 0. The second kappa shape index (κ2) is 10.9. The minimum absolute atomic E-state index is 0.134. The summed E-state index contributed by atoms with van der Waals surface area (Å²) < 4.78 is 30.8. The zero-order chi connectivity index (χ0) is 25.8. The third kappa shape index (κ3) is 5.70. The second-order valence-corrected chi connectivity index (χ2v) is 9.32. The Bertz CT molecular complexity index is 1240. The van der Waals surface area contributed by atoms with E-state index in [1.165, 1.54) is 0 Å². The summed E-state index contributed by atoms with van der Waals surface area (Å²) in [6.07, 6.45) is 0.897. The van der Waals surface area contributed by atoms with E-state index in [4.69, 9.17) is 14.0 Å². The maximum absolute atomic E-state index is 12.9. The van der Waals surface area contributed by atoms with Crippen molar-refractivity contribution in [3.8, 4) is 51.3 Å². The molecule has 1 fully saturated rings. The monoisotopic (exact) mass is 504 g/mol. The summed E-state index contributed by atoms with van der Waals surface area (Å²) in [4.78, 5) is 2.27. The van der Waals surface area contributed by atoms with E-state index < -0.39 is 0 Å². The maximum Gasteiger partial charge on any atom is 0.210 e. The molecule has 1 saturated heterocycles. The molecule has 1 aromatic heterocycles. The SMILES string of the molecule is C[C@@H](COc1ccc(Oc2c(-c3ccc(O)cc3)noc2-c2ccc(O)cc2)cc1)N1CC[C@@H](CF)C1. The lowest BCUT2D eigenvalue weighted by atomic mass is 10.1. The van der Waals surface area contributed by atoms with Gasteiger partial charge in [-0.3, -0.25) is 9.29 Å². The largest absolute Gasteiger partial charge is 0.508 e. The number of benzene rings is 3. The van der Waals surface area contributed by atoms with Crippen LogP contribution >= 0.6 is 0 Å². The zero-order valence-electron chi connectivity index (χ0n) is 20.5. The zero-order valence-corrected chi connectivity index (χ0v) is 20.5. The molecule has 2 atom stereocenters. The Labute approximate surface area is 214 Å². The summed E-state index contributed by atoms with van der Waals surface area (Å²) in [5.41, 5.74) is 1.89. The van der Waals surface area contributed by atoms with Gasteiger partial charge in [0.25, 0.3) is 0 Å². The Hall–Kier alpha value is -4.04. The Kier molecular flexibility index (Phi) is 7.28. The van der Waals surface area contributed by atoms with Crippen LogP contribution in [-0.2, 0) is 0 Å². The van der Waals surface area contributed by atoms with Gasteiger partial charge in [-0.1, -0.05) is 5.16 Å². The van der Waals surface area contributed by atoms with Crippen LogP contribution in [0, 0.1) is 5.92 Å². The highest BCUT2D eigenvalue weighted by atomic mass is 19.1. The first-order chi connectivity index (χ1) is 18.0. The van der Waals surface area contributed by atoms with Gasteiger partial charge in [0, 0.05) is 29.6 Å². The molecule has 37 heavy (non-hydrogen) atoms. The van der Waals surface area contributed by atoms with Crippen LogP contribution in [0.3, 0.4) is 0 Å². The molecule has 5 rings (SSSR count). The van der Waals surface area contributed by atoms with E-state index in [-0.39, 0.29) is 30.1 Å². The van der Waals surface area contributed by atoms with Crippen LogP contribution in [0.15, 0.2) is 77.3 Å². The number of hydrogen-bond donors (Lipinski definition) is 2. The molecule has 2 heterocycles. The molecule has 8 heteroatoms. The van der Waals surface area contributed by atoms with E-state index in [1.54, 1.807) is 48.5 Å². The van der Waals surface area contributed by atoms with Gasteiger partial charge >= 0.3 is 0 Å². The number of phenols is 2. The van der Waals surface area contributed by atoms with Crippen molar-refractivity contribution in [1.82, 2.24) is 10.1 Å². The minimum Gasteiger partial charge on any atom is -0.508 e. The maximum atomic E-state index is 12.9. The lowest BCUT2D eigenvalue weighted by Crippen LogP contribution is -2.35. The average Bonchev–Trinajstić information content (AvgIpc) is 3.57. The molecule has 7 nitrogen and oxygen atoms in total. The van der Waals surface area contributed by atoms with E-state index in [0.29, 0.717) is 46.4 Å². The molecule has 3 aromatic carbocycles. The molecule has 0 spiro atoms. The van der Waals surface area contributed by atoms with Crippen molar-refractivity contribution in [2.24, 2.45) is 5.92 Å². The van der Waals surface area contributed by atoms with E-state index in [1.807, 2.05) is 24.3 Å². The third-order valence-corrected chi connectivity index (χ3v) is 6.61. The van der Waals surface area contributed by atoms with Crippen molar-refractivity contribution in [3.05, 3.63) is 72.8 Å². The summed E-state index contributed by atoms with van der Waals surface area (Å²) in [5.74, 6) is 2.52. The van der Waals surface area contributed by atoms with Gasteiger partial charge in [0.05, 0.1) is 6.67 Å². The number of ether oxygens (including phenoxy) is 2. The summed E-state index contributed by atoms with van der Waals surface area (Å²) >= 11 is 0. The number of aromatic nitrogens is 1. The molecule has 0 saturated carbocycles. The number of phenolic OH excluding ortho intramolecular Hbond substituents is 2. The van der Waals surface area contributed by atoms with Crippen LogP contribution in [0.5, 0.6) is 28.7 Å². The number of halogens is 1. The number of aromatic hydroxyl groups is 2. The molecule has 0 unspecified atom stereocenters. The highest BCUT2D eigenvalue weighted by Gasteiger charge is 2.26. The quantitative estimate of drug-likeness (QED) is 0.278. The first-order valence-corrected chi connectivity index (χ1v) is 12.3. The lowest BCUT2D eigenvalue weighted by molar-refractivity contribution is 0.165.